The highest BCUT2D eigenvalue weighted by atomic mass is 79.9. The maximum atomic E-state index is 13.8. The Morgan fingerprint density at radius 2 is 2.07 bits per heavy atom. The van der Waals surface area contributed by atoms with Gasteiger partial charge in [-0.3, -0.25) is 4.98 Å². The first-order chi connectivity index (χ1) is 13.4. The molecule has 0 saturated carbocycles. The molecule has 0 fully saturated rings. The topological polar surface area (TPSA) is 48.4 Å². The first-order valence-electron chi connectivity index (χ1n) is 8.22. The van der Waals surface area contributed by atoms with Gasteiger partial charge in [0.25, 0.3) is 0 Å². The van der Waals surface area contributed by atoms with Gasteiger partial charge in [0.05, 0.1) is 7.11 Å². The number of carbonyl (C=O) groups excluding carboxylic acids is 1. The fourth-order valence-electron chi connectivity index (χ4n) is 2.63. The molecule has 0 saturated heterocycles. The van der Waals surface area contributed by atoms with E-state index < -0.39 is 0 Å². The molecule has 0 spiro atoms. The van der Waals surface area contributed by atoms with Crippen LogP contribution >= 0.6 is 39.0 Å². The molecule has 0 unspecified atom stereocenters. The number of hydrogen-bond donors (Lipinski definition) is 0. The molecule has 0 amide bonds. The predicted octanol–water partition coefficient (Wildman–Crippen LogP) is 6.11. The highest BCUT2D eigenvalue weighted by Crippen LogP contribution is 2.37. The molecule has 0 aliphatic carbocycles. The van der Waals surface area contributed by atoms with Crippen LogP contribution in [0, 0.1) is 12.7 Å². The molecule has 0 aliphatic heterocycles. The van der Waals surface area contributed by atoms with Crippen molar-refractivity contribution in [3.05, 3.63) is 62.1 Å². The lowest BCUT2D eigenvalue weighted by Crippen LogP contribution is -2.00. The van der Waals surface area contributed by atoms with E-state index in [0.29, 0.717) is 16.3 Å². The summed E-state index contributed by atoms with van der Waals surface area (Å²) in [5.74, 6) is -0.139. The Labute approximate surface area is 179 Å². The lowest BCUT2D eigenvalue weighted by molar-refractivity contribution is 0.0606. The van der Waals surface area contributed by atoms with Gasteiger partial charge >= 0.3 is 5.97 Å². The summed E-state index contributed by atoms with van der Waals surface area (Å²) in [6.07, 6.45) is 3.57. The van der Waals surface area contributed by atoms with Crippen LogP contribution in [0.25, 0.3) is 11.3 Å². The van der Waals surface area contributed by atoms with E-state index >= 15 is 0 Å². The number of thioether (sulfide) groups is 1. The third kappa shape index (κ3) is 4.74. The Bertz CT molecular complexity index is 1020. The molecule has 3 rings (SSSR count). The first kappa shape index (κ1) is 20.8. The van der Waals surface area contributed by atoms with Gasteiger partial charge in [-0.2, -0.15) is 0 Å². The molecule has 2 aromatic heterocycles. The Morgan fingerprint density at radius 3 is 2.79 bits per heavy atom. The van der Waals surface area contributed by atoms with E-state index in [9.17, 15) is 9.18 Å². The van der Waals surface area contributed by atoms with Crippen LogP contribution in [0.1, 0.15) is 20.1 Å². The summed E-state index contributed by atoms with van der Waals surface area (Å²) in [7, 11) is 1.35. The monoisotopic (exact) mass is 481 g/mol. The Kier molecular flexibility index (Phi) is 6.74. The standard InChI is InChI=1S/C20H17BrFNO3S2/c1-11-16(8-18(28-11)20(24)25-2)19-17(6-13(21)9-23-19)26-10-12-4-14(22)7-15(5-12)27-3/h4-9H,10H2,1-3H3. The van der Waals surface area contributed by atoms with Gasteiger partial charge < -0.3 is 9.47 Å². The average molecular weight is 482 g/mol. The van der Waals surface area contributed by atoms with E-state index in [0.717, 1.165) is 25.4 Å². The summed E-state index contributed by atoms with van der Waals surface area (Å²) in [6.45, 7) is 2.11. The van der Waals surface area contributed by atoms with Crippen molar-refractivity contribution in [1.82, 2.24) is 4.98 Å². The first-order valence-corrected chi connectivity index (χ1v) is 11.1. The summed E-state index contributed by atoms with van der Waals surface area (Å²) in [6, 6.07) is 8.40. The quantitative estimate of drug-likeness (QED) is 0.314. The molecule has 1 aromatic carbocycles. The van der Waals surface area contributed by atoms with Crippen molar-refractivity contribution in [3.63, 3.8) is 0 Å². The van der Waals surface area contributed by atoms with Gasteiger partial charge in [-0.25, -0.2) is 9.18 Å². The molecule has 146 valence electrons. The molecule has 0 radical (unpaired) electrons. The van der Waals surface area contributed by atoms with Crippen LogP contribution in [0.4, 0.5) is 4.39 Å². The van der Waals surface area contributed by atoms with Gasteiger partial charge in [0.2, 0.25) is 0 Å². The number of benzene rings is 1. The van der Waals surface area contributed by atoms with Crippen LogP contribution in [0.5, 0.6) is 5.75 Å². The van der Waals surface area contributed by atoms with Crippen molar-refractivity contribution >= 4 is 45.0 Å². The average Bonchev–Trinajstić information content (AvgIpc) is 3.06. The summed E-state index contributed by atoms with van der Waals surface area (Å²) in [4.78, 5) is 18.6. The summed E-state index contributed by atoms with van der Waals surface area (Å²) >= 11 is 6.23. The third-order valence-corrected chi connectivity index (χ3v) is 6.11. The van der Waals surface area contributed by atoms with Crippen LogP contribution in [0.2, 0.25) is 0 Å². The minimum Gasteiger partial charge on any atom is -0.487 e. The van der Waals surface area contributed by atoms with Crippen LogP contribution < -0.4 is 4.74 Å². The smallest absolute Gasteiger partial charge is 0.348 e. The number of aryl methyl sites for hydroxylation is 1. The zero-order valence-corrected chi connectivity index (χ0v) is 18.6. The normalized spacial score (nSPS) is 10.8. The zero-order valence-electron chi connectivity index (χ0n) is 15.4. The summed E-state index contributed by atoms with van der Waals surface area (Å²) in [5.41, 5.74) is 2.15. The second kappa shape index (κ2) is 9.07. The lowest BCUT2D eigenvalue weighted by atomic mass is 10.1. The van der Waals surface area contributed by atoms with E-state index in [4.69, 9.17) is 9.47 Å². The van der Waals surface area contributed by atoms with Crippen LogP contribution in [-0.2, 0) is 11.3 Å². The number of halogens is 2. The van der Waals surface area contributed by atoms with Crippen LogP contribution in [-0.4, -0.2) is 24.3 Å². The second-order valence-corrected chi connectivity index (χ2v) is 8.91. The van der Waals surface area contributed by atoms with Gasteiger partial charge in [-0.05, 0) is 65.0 Å². The van der Waals surface area contributed by atoms with Gasteiger partial charge in [-0.1, -0.05) is 0 Å². The predicted molar refractivity (Wildman–Crippen MR) is 114 cm³/mol. The molecule has 2 heterocycles. The molecule has 0 aliphatic rings. The van der Waals surface area contributed by atoms with Crippen molar-refractivity contribution in [3.8, 4) is 17.0 Å². The molecule has 4 nitrogen and oxygen atoms in total. The number of rotatable bonds is 6. The molecular formula is C20H17BrFNO3S2. The minimum absolute atomic E-state index is 0.198. The molecule has 8 heteroatoms. The molecule has 0 bridgehead atoms. The van der Waals surface area contributed by atoms with Crippen LogP contribution in [0.3, 0.4) is 0 Å². The Hall–Kier alpha value is -1.90. The van der Waals surface area contributed by atoms with Gasteiger partial charge in [0.15, 0.2) is 0 Å². The number of methoxy groups -OCH3 is 1. The minimum atomic E-state index is -0.386. The maximum absolute atomic E-state index is 13.8. The highest BCUT2D eigenvalue weighted by molar-refractivity contribution is 9.10. The van der Waals surface area contributed by atoms with Crippen molar-refractivity contribution in [1.29, 1.82) is 0 Å². The fourth-order valence-corrected chi connectivity index (χ4v) is 4.38. The SMILES string of the molecule is COC(=O)c1cc(-c2ncc(Br)cc2OCc2cc(F)cc(SC)c2)c(C)s1. The van der Waals surface area contributed by atoms with E-state index in [-0.39, 0.29) is 18.4 Å². The number of ether oxygens (including phenoxy) is 2. The number of hydrogen-bond acceptors (Lipinski definition) is 6. The largest absolute Gasteiger partial charge is 0.487 e. The Balaban J connectivity index is 1.93. The molecular weight excluding hydrogens is 465 g/mol. The highest BCUT2D eigenvalue weighted by Gasteiger charge is 2.18. The second-order valence-electron chi connectivity index (χ2n) is 5.86. The summed E-state index contributed by atoms with van der Waals surface area (Å²) < 4.78 is 25.3. The summed E-state index contributed by atoms with van der Waals surface area (Å²) in [5, 5.41) is 0. The van der Waals surface area contributed by atoms with E-state index in [1.165, 1.54) is 42.3 Å². The molecule has 3 aromatic rings. The fraction of sp³-hybridized carbons (Fsp3) is 0.200. The van der Waals surface area contributed by atoms with Gasteiger partial charge in [0.1, 0.15) is 28.7 Å². The number of thiophene rings is 1. The van der Waals surface area contributed by atoms with Crippen molar-refractivity contribution in [2.75, 3.05) is 13.4 Å². The van der Waals surface area contributed by atoms with E-state index in [1.54, 1.807) is 12.3 Å². The molecule has 0 N–H and O–H groups in total. The van der Waals surface area contributed by atoms with Gasteiger partial charge in [0, 0.05) is 26.0 Å². The van der Waals surface area contributed by atoms with Crippen molar-refractivity contribution in [2.24, 2.45) is 0 Å². The third-order valence-electron chi connectivity index (χ3n) is 3.94. The number of nitrogens with zero attached hydrogens (tertiary/aromatic N) is 1. The van der Waals surface area contributed by atoms with Crippen LogP contribution in [0.15, 0.2) is 45.9 Å². The van der Waals surface area contributed by atoms with E-state index in [2.05, 4.69) is 20.9 Å². The molecule has 0 atom stereocenters. The van der Waals surface area contributed by atoms with Gasteiger partial charge in [-0.15, -0.1) is 23.1 Å². The molecule has 28 heavy (non-hydrogen) atoms. The van der Waals surface area contributed by atoms with Crippen molar-refractivity contribution < 1.29 is 18.7 Å². The number of carbonyl (C=O) groups is 1. The maximum Gasteiger partial charge on any atom is 0.348 e. The van der Waals surface area contributed by atoms with E-state index in [1.807, 2.05) is 25.3 Å². The lowest BCUT2D eigenvalue weighted by Gasteiger charge is -2.12. The number of aromatic nitrogens is 1. The van der Waals surface area contributed by atoms with Crippen molar-refractivity contribution in [2.45, 2.75) is 18.4 Å². The number of pyridine rings is 1. The Morgan fingerprint density at radius 1 is 1.29 bits per heavy atom. The number of esters is 1. The zero-order chi connectivity index (χ0) is 20.3.